The predicted molar refractivity (Wildman–Crippen MR) is 59.1 cm³/mol. The fourth-order valence-corrected chi connectivity index (χ4v) is 1.23. The average molecular weight is 234 g/mol. The van der Waals surface area contributed by atoms with Crippen molar-refractivity contribution in [2.45, 2.75) is 0 Å². The van der Waals surface area contributed by atoms with Crippen LogP contribution in [0.4, 0.5) is 5.69 Å². The molecule has 0 radical (unpaired) electrons. The van der Waals surface area contributed by atoms with Crippen LogP contribution in [0.3, 0.4) is 0 Å². The van der Waals surface area contributed by atoms with Crippen LogP contribution < -0.4 is 10.1 Å². The predicted octanol–water partition coefficient (Wildman–Crippen LogP) is 1.64. The Bertz CT molecular complexity index is 536. The van der Waals surface area contributed by atoms with E-state index in [-0.39, 0.29) is 17.4 Å². The SMILES string of the molecule is COc1cc(C(=O)Nc2ccccc2O)on1. The van der Waals surface area contributed by atoms with Crippen molar-refractivity contribution in [3.05, 3.63) is 36.1 Å². The largest absolute Gasteiger partial charge is 0.506 e. The van der Waals surface area contributed by atoms with E-state index < -0.39 is 5.91 Å². The number of anilines is 1. The summed E-state index contributed by atoms with van der Waals surface area (Å²) in [6, 6.07) is 7.74. The van der Waals surface area contributed by atoms with Crippen molar-refractivity contribution in [3.8, 4) is 11.6 Å². The van der Waals surface area contributed by atoms with E-state index in [0.717, 1.165) is 0 Å². The maximum absolute atomic E-state index is 11.7. The summed E-state index contributed by atoms with van der Waals surface area (Å²) in [5, 5.41) is 15.5. The maximum atomic E-state index is 11.7. The van der Waals surface area contributed by atoms with Crippen LogP contribution in [0.2, 0.25) is 0 Å². The number of hydrogen-bond donors (Lipinski definition) is 2. The Morgan fingerprint density at radius 3 is 2.88 bits per heavy atom. The van der Waals surface area contributed by atoms with Crippen molar-refractivity contribution in [3.63, 3.8) is 0 Å². The molecule has 6 heteroatoms. The van der Waals surface area contributed by atoms with Crippen LogP contribution >= 0.6 is 0 Å². The fourth-order valence-electron chi connectivity index (χ4n) is 1.23. The number of aromatic hydroxyl groups is 1. The van der Waals surface area contributed by atoms with Crippen LogP contribution in [0.25, 0.3) is 0 Å². The van der Waals surface area contributed by atoms with Gasteiger partial charge in [-0.05, 0) is 17.3 Å². The fraction of sp³-hybridized carbons (Fsp3) is 0.0909. The first kappa shape index (κ1) is 11.0. The molecule has 0 atom stereocenters. The molecule has 0 bridgehead atoms. The third kappa shape index (κ3) is 2.36. The number of ether oxygens (including phenoxy) is 1. The lowest BCUT2D eigenvalue weighted by molar-refractivity contribution is 0.0987. The van der Waals surface area contributed by atoms with Crippen LogP contribution in [0.1, 0.15) is 10.6 Å². The Morgan fingerprint density at radius 2 is 2.24 bits per heavy atom. The lowest BCUT2D eigenvalue weighted by Gasteiger charge is -2.03. The monoisotopic (exact) mass is 234 g/mol. The van der Waals surface area contributed by atoms with Gasteiger partial charge >= 0.3 is 0 Å². The molecule has 6 nitrogen and oxygen atoms in total. The molecule has 1 heterocycles. The second kappa shape index (κ2) is 4.56. The van der Waals surface area contributed by atoms with Gasteiger partial charge in [0.15, 0.2) is 0 Å². The van der Waals surface area contributed by atoms with Gasteiger partial charge in [-0.3, -0.25) is 4.79 Å². The van der Waals surface area contributed by atoms with Crippen molar-refractivity contribution in [2.75, 3.05) is 12.4 Å². The molecule has 0 unspecified atom stereocenters. The number of nitrogens with one attached hydrogen (secondary N) is 1. The Balaban J connectivity index is 2.14. The Morgan fingerprint density at radius 1 is 1.47 bits per heavy atom. The number of amides is 1. The lowest BCUT2D eigenvalue weighted by atomic mass is 10.3. The molecule has 0 aliphatic rings. The number of aromatic nitrogens is 1. The highest BCUT2D eigenvalue weighted by Crippen LogP contribution is 2.22. The molecule has 0 saturated carbocycles. The zero-order chi connectivity index (χ0) is 12.3. The highest BCUT2D eigenvalue weighted by Gasteiger charge is 2.14. The average Bonchev–Trinajstić information content (AvgIpc) is 2.81. The van der Waals surface area contributed by atoms with E-state index in [1.807, 2.05) is 0 Å². The van der Waals surface area contributed by atoms with E-state index >= 15 is 0 Å². The first-order chi connectivity index (χ1) is 8.20. The van der Waals surface area contributed by atoms with Crippen molar-refractivity contribution < 1.29 is 19.2 Å². The lowest BCUT2D eigenvalue weighted by Crippen LogP contribution is -2.10. The molecule has 17 heavy (non-hydrogen) atoms. The summed E-state index contributed by atoms with van der Waals surface area (Å²) in [6.07, 6.45) is 0. The van der Waals surface area contributed by atoms with Crippen molar-refractivity contribution in [2.24, 2.45) is 0 Å². The molecule has 2 rings (SSSR count). The standard InChI is InChI=1S/C11H10N2O4/c1-16-10-6-9(17-13-10)11(15)12-7-4-2-3-5-8(7)14/h2-6,14H,1H3,(H,12,15). The van der Waals surface area contributed by atoms with Crippen LogP contribution in [-0.2, 0) is 0 Å². The number of benzene rings is 1. The summed E-state index contributed by atoms with van der Waals surface area (Å²) >= 11 is 0. The van der Waals surface area contributed by atoms with E-state index in [2.05, 4.69) is 10.5 Å². The van der Waals surface area contributed by atoms with Crippen LogP contribution in [0, 0.1) is 0 Å². The first-order valence-corrected chi connectivity index (χ1v) is 4.81. The van der Waals surface area contributed by atoms with Gasteiger partial charge < -0.3 is 19.7 Å². The van der Waals surface area contributed by atoms with Gasteiger partial charge in [0.25, 0.3) is 11.8 Å². The maximum Gasteiger partial charge on any atom is 0.294 e. The molecule has 88 valence electrons. The number of methoxy groups -OCH3 is 1. The molecule has 2 N–H and O–H groups in total. The minimum atomic E-state index is -0.512. The number of para-hydroxylation sites is 2. The molecule has 0 fully saturated rings. The number of hydrogen-bond acceptors (Lipinski definition) is 5. The third-order valence-corrected chi connectivity index (χ3v) is 2.07. The molecule has 2 aromatic rings. The van der Waals surface area contributed by atoms with Crippen molar-refractivity contribution in [1.82, 2.24) is 5.16 Å². The van der Waals surface area contributed by atoms with E-state index in [9.17, 15) is 9.90 Å². The molecule has 0 aliphatic heterocycles. The normalized spacial score (nSPS) is 9.94. The van der Waals surface area contributed by atoms with E-state index in [1.165, 1.54) is 19.2 Å². The minimum absolute atomic E-state index is 0.00473. The Labute approximate surface area is 96.8 Å². The zero-order valence-corrected chi connectivity index (χ0v) is 9.01. The van der Waals surface area contributed by atoms with E-state index in [0.29, 0.717) is 5.69 Å². The molecule has 1 aromatic heterocycles. The second-order valence-electron chi connectivity index (χ2n) is 3.20. The molecule has 1 aromatic carbocycles. The van der Waals surface area contributed by atoms with Crippen LogP contribution in [0.5, 0.6) is 11.6 Å². The summed E-state index contributed by atoms with van der Waals surface area (Å²) in [4.78, 5) is 11.7. The smallest absolute Gasteiger partial charge is 0.294 e. The van der Waals surface area contributed by atoms with Gasteiger partial charge in [-0.2, -0.15) is 0 Å². The third-order valence-electron chi connectivity index (χ3n) is 2.07. The van der Waals surface area contributed by atoms with E-state index in [1.54, 1.807) is 18.2 Å². The summed E-state index contributed by atoms with van der Waals surface area (Å²) in [6.45, 7) is 0. The number of phenolic OH excluding ortho intramolecular Hbond substituents is 1. The van der Waals surface area contributed by atoms with Gasteiger partial charge in [-0.1, -0.05) is 12.1 Å². The minimum Gasteiger partial charge on any atom is -0.506 e. The highest BCUT2D eigenvalue weighted by atomic mass is 16.5. The zero-order valence-electron chi connectivity index (χ0n) is 9.01. The first-order valence-electron chi connectivity index (χ1n) is 4.81. The molecular formula is C11H10N2O4. The van der Waals surface area contributed by atoms with E-state index in [4.69, 9.17) is 9.26 Å². The quantitative estimate of drug-likeness (QED) is 0.788. The number of nitrogens with zero attached hydrogens (tertiary/aromatic N) is 1. The van der Waals surface area contributed by atoms with Gasteiger partial charge in [0.2, 0.25) is 5.76 Å². The topological polar surface area (TPSA) is 84.6 Å². The molecule has 1 amide bonds. The van der Waals surface area contributed by atoms with Gasteiger partial charge in [-0.15, -0.1) is 0 Å². The van der Waals surface area contributed by atoms with Gasteiger partial charge in [0, 0.05) is 0 Å². The summed E-state index contributed by atoms with van der Waals surface area (Å²) in [5.41, 5.74) is 0.299. The van der Waals surface area contributed by atoms with Gasteiger partial charge in [-0.25, -0.2) is 0 Å². The molecule has 0 saturated heterocycles. The highest BCUT2D eigenvalue weighted by molar-refractivity contribution is 6.03. The number of rotatable bonds is 3. The molecular weight excluding hydrogens is 224 g/mol. The molecule has 0 aliphatic carbocycles. The summed E-state index contributed by atoms with van der Waals surface area (Å²) in [5.74, 6) is -0.313. The summed E-state index contributed by atoms with van der Waals surface area (Å²) < 4.78 is 9.55. The van der Waals surface area contributed by atoms with Crippen molar-refractivity contribution >= 4 is 11.6 Å². The number of phenols is 1. The van der Waals surface area contributed by atoms with Gasteiger partial charge in [0.05, 0.1) is 18.9 Å². The Kier molecular flexibility index (Phi) is 2.95. The molecule has 0 spiro atoms. The van der Waals surface area contributed by atoms with Crippen LogP contribution in [-0.4, -0.2) is 23.3 Å². The number of carbonyl (C=O) groups is 1. The van der Waals surface area contributed by atoms with Crippen molar-refractivity contribution in [1.29, 1.82) is 0 Å². The Hall–Kier alpha value is -2.50. The second-order valence-corrected chi connectivity index (χ2v) is 3.20. The van der Waals surface area contributed by atoms with Gasteiger partial charge in [0.1, 0.15) is 5.75 Å². The summed E-state index contributed by atoms with van der Waals surface area (Å²) in [7, 11) is 1.42. The number of carbonyl (C=O) groups excluding carboxylic acids is 1. The van der Waals surface area contributed by atoms with Crippen LogP contribution in [0.15, 0.2) is 34.9 Å².